The number of aryl methyl sites for hydroxylation is 3. The van der Waals surface area contributed by atoms with Gasteiger partial charge in [0.15, 0.2) is 0 Å². The van der Waals surface area contributed by atoms with E-state index >= 15 is 0 Å². The summed E-state index contributed by atoms with van der Waals surface area (Å²) in [6.45, 7) is 13.5. The van der Waals surface area contributed by atoms with Crippen LogP contribution in [0.2, 0.25) is 0 Å². The maximum atomic E-state index is 12.2. The van der Waals surface area contributed by atoms with E-state index in [1.54, 1.807) is 10.9 Å². The number of rotatable bonds is 7. The molecule has 200 valence electrons. The zero-order chi connectivity index (χ0) is 28.1. The van der Waals surface area contributed by atoms with Gasteiger partial charge in [0, 0.05) is 58.5 Å². The van der Waals surface area contributed by atoms with E-state index in [9.17, 15) is 9.90 Å². The molecule has 1 aromatic carbocycles. The predicted molar refractivity (Wildman–Crippen MR) is 154 cm³/mol. The molecule has 9 nitrogen and oxygen atoms in total. The summed E-state index contributed by atoms with van der Waals surface area (Å²) in [7, 11) is 1.93. The maximum absolute atomic E-state index is 12.2. The Morgan fingerprint density at radius 1 is 1.13 bits per heavy atom. The lowest BCUT2D eigenvalue weighted by atomic mass is 9.93. The molecule has 4 aromatic heterocycles. The van der Waals surface area contributed by atoms with E-state index in [1.165, 1.54) is 6.08 Å². The number of nitrogens with zero attached hydrogens (tertiary/aromatic N) is 5. The molecule has 1 amide bonds. The van der Waals surface area contributed by atoms with E-state index < -0.39 is 5.54 Å². The molecule has 0 aliphatic rings. The number of nitrogens with one attached hydrogen (secondary N) is 2. The molecule has 0 fully saturated rings. The summed E-state index contributed by atoms with van der Waals surface area (Å²) >= 11 is 0. The van der Waals surface area contributed by atoms with E-state index in [1.807, 2.05) is 70.1 Å². The minimum Gasteiger partial charge on any atom is -0.394 e. The van der Waals surface area contributed by atoms with Gasteiger partial charge in [-0.2, -0.15) is 10.2 Å². The second-order valence-electron chi connectivity index (χ2n) is 10.5. The number of carbonyl (C=O) groups excluding carboxylic acids is 1. The van der Waals surface area contributed by atoms with Crippen LogP contribution >= 0.6 is 0 Å². The monoisotopic (exact) mass is 523 g/mol. The Morgan fingerprint density at radius 3 is 2.56 bits per heavy atom. The third-order valence-electron chi connectivity index (χ3n) is 7.46. The van der Waals surface area contributed by atoms with Crippen molar-refractivity contribution < 1.29 is 9.90 Å². The summed E-state index contributed by atoms with van der Waals surface area (Å²) in [5.74, 6) is -0.269. The van der Waals surface area contributed by atoms with Crippen LogP contribution in [0.3, 0.4) is 0 Å². The second kappa shape index (κ2) is 9.67. The van der Waals surface area contributed by atoms with Crippen LogP contribution in [0.5, 0.6) is 0 Å². The first-order chi connectivity index (χ1) is 18.6. The first-order valence-electron chi connectivity index (χ1n) is 12.8. The normalized spacial score (nSPS) is 11.8. The minimum atomic E-state index is -0.560. The van der Waals surface area contributed by atoms with Gasteiger partial charge in [-0.25, -0.2) is 4.98 Å². The number of aliphatic hydroxyl groups excluding tert-OH is 1. The number of amides is 1. The molecule has 3 N–H and O–H groups in total. The van der Waals surface area contributed by atoms with Crippen LogP contribution in [0, 0.1) is 20.8 Å². The number of hydrogen-bond donors (Lipinski definition) is 3. The molecule has 5 rings (SSSR count). The van der Waals surface area contributed by atoms with Gasteiger partial charge in [-0.3, -0.25) is 14.2 Å². The van der Waals surface area contributed by atoms with Crippen molar-refractivity contribution in [2.24, 2.45) is 7.05 Å². The highest BCUT2D eigenvalue weighted by Gasteiger charge is 2.25. The second-order valence-corrected chi connectivity index (χ2v) is 10.5. The molecule has 0 saturated carbocycles. The highest BCUT2D eigenvalue weighted by molar-refractivity contribution is 6.07. The highest BCUT2D eigenvalue weighted by atomic mass is 16.3. The van der Waals surface area contributed by atoms with Crippen molar-refractivity contribution in [1.82, 2.24) is 29.5 Å². The van der Waals surface area contributed by atoms with Crippen LogP contribution in [-0.4, -0.2) is 47.1 Å². The molecule has 9 heteroatoms. The molecule has 0 spiro atoms. The minimum absolute atomic E-state index is 0.0491. The fourth-order valence-corrected chi connectivity index (χ4v) is 4.80. The number of fused-ring (bicyclic) bond motifs is 1. The molecule has 0 bridgehead atoms. The lowest BCUT2D eigenvalue weighted by Gasteiger charge is -2.22. The topological polar surface area (TPSA) is 114 Å². The van der Waals surface area contributed by atoms with Gasteiger partial charge in [-0.15, -0.1) is 0 Å². The Kier molecular flexibility index (Phi) is 6.47. The number of aliphatic hydroxyl groups is 1. The smallest absolute Gasteiger partial charge is 0.247 e. The maximum Gasteiger partial charge on any atom is 0.247 e. The average molecular weight is 524 g/mol. The van der Waals surface area contributed by atoms with Crippen LogP contribution < -0.4 is 5.32 Å². The average Bonchev–Trinajstić information content (AvgIpc) is 3.64. The van der Waals surface area contributed by atoms with Crippen LogP contribution in [0.25, 0.3) is 44.5 Å². The molecule has 5 aromatic rings. The Morgan fingerprint density at radius 2 is 1.90 bits per heavy atom. The molecule has 0 saturated heterocycles. The molecule has 0 aliphatic heterocycles. The predicted octanol–water partition coefficient (Wildman–Crippen LogP) is 5.27. The third kappa shape index (κ3) is 4.44. The zero-order valence-electron chi connectivity index (χ0n) is 23.1. The van der Waals surface area contributed by atoms with Gasteiger partial charge in [0.25, 0.3) is 0 Å². The Balaban J connectivity index is 1.80. The van der Waals surface area contributed by atoms with Gasteiger partial charge < -0.3 is 15.4 Å². The lowest BCUT2D eigenvalue weighted by Crippen LogP contribution is -2.30. The molecule has 0 aliphatic carbocycles. The number of benzene rings is 1. The number of anilines is 1. The number of aromatic nitrogens is 6. The van der Waals surface area contributed by atoms with Crippen molar-refractivity contribution in [3.8, 4) is 33.5 Å². The van der Waals surface area contributed by atoms with Crippen molar-refractivity contribution in [1.29, 1.82) is 0 Å². The summed E-state index contributed by atoms with van der Waals surface area (Å²) in [4.78, 5) is 20.5. The van der Waals surface area contributed by atoms with E-state index in [0.717, 1.165) is 61.4 Å². The summed E-state index contributed by atoms with van der Waals surface area (Å²) < 4.78 is 3.63. The quantitative estimate of drug-likeness (QED) is 0.252. The van der Waals surface area contributed by atoms with Crippen LogP contribution in [-0.2, 0) is 17.4 Å². The van der Waals surface area contributed by atoms with Crippen molar-refractivity contribution in [3.63, 3.8) is 0 Å². The summed E-state index contributed by atoms with van der Waals surface area (Å²) in [6.07, 6.45) is 8.74. The summed E-state index contributed by atoms with van der Waals surface area (Å²) in [5.41, 5.74) is 9.56. The zero-order valence-corrected chi connectivity index (χ0v) is 23.1. The fourth-order valence-electron chi connectivity index (χ4n) is 4.80. The van der Waals surface area contributed by atoms with Gasteiger partial charge in [-0.1, -0.05) is 18.7 Å². The molecule has 0 radical (unpaired) electrons. The fraction of sp³-hybridized carbons (Fsp3) is 0.267. The number of hydrogen-bond acceptors (Lipinski definition) is 5. The number of carbonyl (C=O) groups is 1. The van der Waals surface area contributed by atoms with Gasteiger partial charge in [0.1, 0.15) is 5.65 Å². The largest absolute Gasteiger partial charge is 0.394 e. The SMILES string of the molecule is C=CC(=O)Nc1cc(-c2c(-c3cnn(C(C)(C)CO)c3)[nH]c3ncc(-c4cnn(C)c4C)c(C)c23)ccc1C. The standard InChI is InChI=1S/C30H33N7O2/c1-8-25(39)34-24-11-20(10-9-17(24)2)27-26-18(3)22(23-14-32-36(7)19(23)4)13-31-29(26)35-28(27)21-12-33-37(15-21)30(5,6)16-38/h8-15,38H,1,16H2,2-7H3,(H,31,35)(H,34,39). The molecular weight excluding hydrogens is 490 g/mol. The van der Waals surface area contributed by atoms with Gasteiger partial charge in [0.2, 0.25) is 5.91 Å². The Bertz CT molecular complexity index is 1740. The highest BCUT2D eigenvalue weighted by Crippen LogP contribution is 2.43. The van der Waals surface area contributed by atoms with Gasteiger partial charge in [0.05, 0.1) is 30.2 Å². The van der Waals surface area contributed by atoms with E-state index in [2.05, 4.69) is 40.1 Å². The third-order valence-corrected chi connectivity index (χ3v) is 7.46. The number of aromatic amines is 1. The molecule has 4 heterocycles. The molecule has 0 atom stereocenters. The van der Waals surface area contributed by atoms with Crippen molar-refractivity contribution >= 4 is 22.6 Å². The lowest BCUT2D eigenvalue weighted by molar-refractivity contribution is -0.111. The van der Waals surface area contributed by atoms with Crippen molar-refractivity contribution in [3.05, 3.63) is 72.5 Å². The van der Waals surface area contributed by atoms with Crippen LogP contribution in [0.15, 0.2) is 55.6 Å². The van der Waals surface area contributed by atoms with Crippen LogP contribution in [0.1, 0.15) is 30.7 Å². The summed E-state index contributed by atoms with van der Waals surface area (Å²) in [6, 6.07) is 6.02. The Labute approximate surface area is 227 Å². The summed E-state index contributed by atoms with van der Waals surface area (Å²) in [5, 5.41) is 22.8. The molecule has 0 unspecified atom stereocenters. The molecule has 39 heavy (non-hydrogen) atoms. The Hall–Kier alpha value is -4.50. The van der Waals surface area contributed by atoms with E-state index in [4.69, 9.17) is 4.98 Å². The van der Waals surface area contributed by atoms with E-state index in [-0.39, 0.29) is 12.5 Å². The van der Waals surface area contributed by atoms with Gasteiger partial charge >= 0.3 is 0 Å². The molecular formula is C30H33N7O2. The van der Waals surface area contributed by atoms with E-state index in [0.29, 0.717) is 5.69 Å². The first-order valence-corrected chi connectivity index (χ1v) is 12.8. The number of H-pyrrole nitrogens is 1. The van der Waals surface area contributed by atoms with Gasteiger partial charge in [-0.05, 0) is 63.5 Å². The number of pyridine rings is 1. The van der Waals surface area contributed by atoms with Crippen LogP contribution in [0.4, 0.5) is 5.69 Å². The first kappa shape index (κ1) is 26.1. The van der Waals surface area contributed by atoms with Crippen molar-refractivity contribution in [2.75, 3.05) is 11.9 Å². The van der Waals surface area contributed by atoms with Crippen molar-refractivity contribution in [2.45, 2.75) is 40.2 Å².